The van der Waals surface area contributed by atoms with Gasteiger partial charge in [0.05, 0.1) is 30.5 Å². The number of carbonyl (C=O) groups excluding carboxylic acids is 3. The third-order valence-corrected chi connectivity index (χ3v) is 11.1. The Morgan fingerprint density at radius 2 is 1.86 bits per heavy atom. The van der Waals surface area contributed by atoms with Gasteiger partial charge in [-0.05, 0) is 50.8 Å². The maximum atomic E-state index is 14.9. The predicted molar refractivity (Wildman–Crippen MR) is 188 cm³/mol. The third kappa shape index (κ3) is 7.35. The van der Waals surface area contributed by atoms with E-state index in [-0.39, 0.29) is 47.0 Å². The van der Waals surface area contributed by atoms with Crippen molar-refractivity contribution in [2.45, 2.75) is 50.8 Å². The van der Waals surface area contributed by atoms with E-state index in [0.29, 0.717) is 72.6 Å². The zero-order valence-electron chi connectivity index (χ0n) is 28.1. The molecule has 51 heavy (non-hydrogen) atoms. The number of nitrogens with one attached hydrogen (secondary N) is 1. The van der Waals surface area contributed by atoms with E-state index in [9.17, 15) is 23.2 Å². The lowest BCUT2D eigenvalue weighted by Gasteiger charge is -2.38. The highest BCUT2D eigenvalue weighted by molar-refractivity contribution is 7.11. The first-order valence-electron chi connectivity index (χ1n) is 16.9. The largest absolute Gasteiger partial charge is 0.490 e. The van der Waals surface area contributed by atoms with E-state index in [1.54, 1.807) is 29.0 Å². The number of benzene rings is 2. The zero-order valence-corrected chi connectivity index (χ0v) is 29.7. The number of rotatable bonds is 9. The van der Waals surface area contributed by atoms with Crippen molar-refractivity contribution < 1.29 is 32.6 Å². The molecule has 7 rings (SSSR count). The second-order valence-corrected chi connectivity index (χ2v) is 14.5. The Morgan fingerprint density at radius 1 is 1.06 bits per heavy atom. The number of Topliss-reactive ketones (excluding diaryl/α,β-unsaturated/α-hetero) is 1. The van der Waals surface area contributed by atoms with Crippen LogP contribution in [0.2, 0.25) is 5.02 Å². The Morgan fingerprint density at radius 3 is 2.57 bits per heavy atom. The minimum Gasteiger partial charge on any atom is -0.490 e. The molecular weight excluding hydrogens is 702 g/mol. The van der Waals surface area contributed by atoms with Gasteiger partial charge in [0.25, 0.3) is 0 Å². The van der Waals surface area contributed by atoms with Crippen molar-refractivity contribution in [1.29, 1.82) is 0 Å². The summed E-state index contributed by atoms with van der Waals surface area (Å²) in [4.78, 5) is 53.5. The Labute approximate surface area is 302 Å². The molecule has 0 radical (unpaired) electrons. The number of hydrogen-bond acceptors (Lipinski definition) is 10. The Balaban J connectivity index is 1.10. The molecule has 4 heterocycles. The van der Waals surface area contributed by atoms with Crippen molar-refractivity contribution >= 4 is 52.2 Å². The number of nitrogens with zero attached hydrogens (tertiary/aromatic N) is 5. The van der Waals surface area contributed by atoms with Gasteiger partial charge < -0.3 is 19.7 Å². The van der Waals surface area contributed by atoms with Crippen LogP contribution in [0.25, 0.3) is 0 Å². The number of carbonyl (C=O) groups is 3. The van der Waals surface area contributed by atoms with Gasteiger partial charge in [-0.1, -0.05) is 17.7 Å². The first-order valence-corrected chi connectivity index (χ1v) is 18.1. The van der Waals surface area contributed by atoms with Crippen LogP contribution in [-0.4, -0.2) is 90.4 Å². The number of methoxy groups -OCH3 is 1. The smallest absolute Gasteiger partial charge is 0.338 e. The van der Waals surface area contributed by atoms with Gasteiger partial charge in [0, 0.05) is 78.6 Å². The maximum absolute atomic E-state index is 14.9. The number of thiazole rings is 1. The Kier molecular flexibility index (Phi) is 10.1. The molecule has 2 amide bonds. The number of halogens is 3. The van der Waals surface area contributed by atoms with E-state index < -0.39 is 23.6 Å². The van der Waals surface area contributed by atoms with Crippen LogP contribution in [0.15, 0.2) is 64.2 Å². The normalized spacial score (nSPS) is 23.9. The van der Waals surface area contributed by atoms with Gasteiger partial charge in [0.15, 0.2) is 10.8 Å². The van der Waals surface area contributed by atoms with Crippen molar-refractivity contribution in [2.75, 3.05) is 44.7 Å². The fourth-order valence-electron chi connectivity index (χ4n) is 7.37. The van der Waals surface area contributed by atoms with E-state index in [1.165, 1.54) is 48.8 Å². The number of anilines is 1. The predicted octanol–water partition coefficient (Wildman–Crippen LogP) is 5.75. The summed E-state index contributed by atoms with van der Waals surface area (Å²) >= 11 is 7.87. The number of piperazine rings is 1. The molecule has 3 fully saturated rings. The molecule has 2 saturated heterocycles. The molecule has 268 valence electrons. The summed E-state index contributed by atoms with van der Waals surface area (Å²) in [5.41, 5.74) is 1.63. The summed E-state index contributed by atoms with van der Waals surface area (Å²) < 4.78 is 40.3. The number of hydrogen-bond donors (Lipinski definition) is 1. The standard InChI is InChI=1S/C36H37ClF2N6O5S/c1-20(46)21-3-6-26(7-4-21)50-27-14-23(39)13-24(16-27)45-18-25-17-43(10-11-44(25)36(45)48)19-30-31(35(47)49-2)32(28-8-5-22(38)15-29(28)37)42-33(41-30)34-40-9-12-51-34/h5,8-9,12-16,21,25-26,32H,3-4,6-7,10-11,17-19H2,1-2H3,(H,41,42)/t21?,25-,26?,32-/m0/s1. The first-order chi connectivity index (χ1) is 24.6. The summed E-state index contributed by atoms with van der Waals surface area (Å²) in [6.45, 7) is 3.63. The molecule has 2 atom stereocenters. The monoisotopic (exact) mass is 738 g/mol. The number of fused-ring (bicyclic) bond motifs is 1. The van der Waals surface area contributed by atoms with E-state index >= 15 is 0 Å². The molecule has 1 N–H and O–H groups in total. The minimum absolute atomic E-state index is 0.0484. The average Bonchev–Trinajstić information content (AvgIpc) is 3.76. The fourth-order valence-corrected chi connectivity index (χ4v) is 8.23. The van der Waals surface area contributed by atoms with Crippen LogP contribution in [0.1, 0.15) is 49.2 Å². The lowest BCUT2D eigenvalue weighted by Crippen LogP contribution is -2.53. The molecule has 1 aromatic heterocycles. The van der Waals surface area contributed by atoms with Crippen LogP contribution in [0, 0.1) is 17.6 Å². The van der Waals surface area contributed by atoms with Crippen LogP contribution >= 0.6 is 22.9 Å². The van der Waals surface area contributed by atoms with E-state index in [1.807, 2.05) is 5.38 Å². The molecule has 0 bridgehead atoms. The SMILES string of the molecule is COC(=O)C1=C(CN2CCN3C(=O)N(c4cc(F)cc(OC5CCC(C(C)=O)CC5)c4)C[C@@H]3C2)NC(c2nccs2)=N[C@H]1c1ccc(F)cc1Cl. The molecule has 0 spiro atoms. The summed E-state index contributed by atoms with van der Waals surface area (Å²) in [6.07, 6.45) is 4.44. The molecule has 1 aliphatic carbocycles. The number of esters is 1. The number of amides is 2. The number of ketones is 1. The Bertz CT molecular complexity index is 1900. The van der Waals surface area contributed by atoms with Gasteiger partial charge in [0.2, 0.25) is 0 Å². The van der Waals surface area contributed by atoms with Gasteiger partial charge in [-0.25, -0.2) is 23.4 Å². The van der Waals surface area contributed by atoms with E-state index in [0.717, 1.165) is 12.8 Å². The topological polar surface area (TPSA) is 117 Å². The molecule has 15 heteroatoms. The van der Waals surface area contributed by atoms with Gasteiger partial charge in [0.1, 0.15) is 29.2 Å². The molecule has 3 aliphatic heterocycles. The molecule has 3 aromatic rings. The van der Waals surface area contributed by atoms with E-state index in [4.69, 9.17) is 26.1 Å². The van der Waals surface area contributed by atoms with Gasteiger partial charge in [-0.15, -0.1) is 11.3 Å². The van der Waals surface area contributed by atoms with Crippen molar-refractivity contribution in [1.82, 2.24) is 20.1 Å². The lowest BCUT2D eigenvalue weighted by atomic mass is 9.85. The molecule has 0 unspecified atom stereocenters. The molecule has 1 saturated carbocycles. The number of aliphatic imine (C=N–C) groups is 1. The van der Waals surface area contributed by atoms with Gasteiger partial charge in [-0.2, -0.15) is 0 Å². The fraction of sp³-hybridized carbons (Fsp3) is 0.417. The summed E-state index contributed by atoms with van der Waals surface area (Å²) in [6, 6.07) is 7.02. The zero-order chi connectivity index (χ0) is 35.8. The van der Waals surface area contributed by atoms with Crippen molar-refractivity contribution in [3.05, 3.63) is 86.5 Å². The Hall–Kier alpha value is -4.40. The highest BCUT2D eigenvalue weighted by Crippen LogP contribution is 2.38. The second-order valence-electron chi connectivity index (χ2n) is 13.2. The number of amidine groups is 1. The lowest BCUT2D eigenvalue weighted by molar-refractivity contribution is -0.136. The van der Waals surface area contributed by atoms with Crippen LogP contribution in [0.3, 0.4) is 0 Å². The van der Waals surface area contributed by atoms with Crippen molar-refractivity contribution in [2.24, 2.45) is 10.9 Å². The highest BCUT2D eigenvalue weighted by atomic mass is 35.5. The molecular formula is C36H37ClF2N6O5S. The maximum Gasteiger partial charge on any atom is 0.338 e. The summed E-state index contributed by atoms with van der Waals surface area (Å²) in [7, 11) is 1.29. The van der Waals surface area contributed by atoms with Crippen molar-refractivity contribution in [3.8, 4) is 5.75 Å². The highest BCUT2D eigenvalue weighted by Gasteiger charge is 2.43. The first kappa shape index (κ1) is 35.0. The molecule has 4 aliphatic rings. The van der Waals surface area contributed by atoms with Crippen LogP contribution in [-0.2, 0) is 14.3 Å². The van der Waals surface area contributed by atoms with Crippen LogP contribution in [0.5, 0.6) is 5.75 Å². The summed E-state index contributed by atoms with van der Waals surface area (Å²) in [5, 5.41) is 5.85. The quantitative estimate of drug-likeness (QED) is 0.276. The summed E-state index contributed by atoms with van der Waals surface area (Å²) in [5.74, 6) is -0.594. The molecule has 2 aromatic carbocycles. The number of aromatic nitrogens is 1. The van der Waals surface area contributed by atoms with Gasteiger partial charge in [-0.3, -0.25) is 19.6 Å². The number of ether oxygens (including phenoxy) is 2. The minimum atomic E-state index is -0.890. The van der Waals surface area contributed by atoms with Gasteiger partial charge >= 0.3 is 12.0 Å². The van der Waals surface area contributed by atoms with E-state index in [2.05, 4.69) is 15.2 Å². The second kappa shape index (κ2) is 14.7. The van der Waals surface area contributed by atoms with Crippen LogP contribution < -0.4 is 15.0 Å². The number of urea groups is 1. The van der Waals surface area contributed by atoms with Crippen LogP contribution in [0.4, 0.5) is 19.3 Å². The third-order valence-electron chi connectivity index (χ3n) is 9.96. The average molecular weight is 739 g/mol. The van der Waals surface area contributed by atoms with Crippen molar-refractivity contribution in [3.63, 3.8) is 0 Å². The molecule has 11 nitrogen and oxygen atoms in total.